The van der Waals surface area contributed by atoms with Gasteiger partial charge in [0, 0.05) is 25.1 Å². The first-order valence-electron chi connectivity index (χ1n) is 10.3. The number of fused-ring (bicyclic) bond motifs is 1. The molecule has 1 aliphatic heterocycles. The second kappa shape index (κ2) is 9.39. The van der Waals surface area contributed by atoms with E-state index in [0.717, 1.165) is 37.0 Å². The van der Waals surface area contributed by atoms with Gasteiger partial charge in [0.25, 0.3) is 0 Å². The van der Waals surface area contributed by atoms with Crippen LogP contribution in [0.4, 0.5) is 0 Å². The summed E-state index contributed by atoms with van der Waals surface area (Å²) in [7, 11) is 5.53. The minimum absolute atomic E-state index is 0.0481. The third-order valence-electron chi connectivity index (χ3n) is 6.11. The fourth-order valence-corrected chi connectivity index (χ4v) is 4.48. The van der Waals surface area contributed by atoms with Gasteiger partial charge in [-0.1, -0.05) is 31.0 Å². The fraction of sp³-hybridized carbons (Fsp3) is 0.591. The van der Waals surface area contributed by atoms with Gasteiger partial charge in [0.15, 0.2) is 0 Å². The first kappa shape index (κ1) is 21.3. The molecule has 0 bridgehead atoms. The van der Waals surface area contributed by atoms with E-state index in [1.54, 1.807) is 7.11 Å². The Morgan fingerprint density at radius 2 is 1.79 bits per heavy atom. The maximum atomic E-state index is 12.5. The molecule has 29 heavy (non-hydrogen) atoms. The quantitative estimate of drug-likeness (QED) is 0.674. The van der Waals surface area contributed by atoms with Crippen molar-refractivity contribution in [3.05, 3.63) is 29.8 Å². The third-order valence-corrected chi connectivity index (χ3v) is 6.11. The molecule has 158 valence electrons. The van der Waals surface area contributed by atoms with Crippen LogP contribution in [-0.4, -0.2) is 61.8 Å². The van der Waals surface area contributed by atoms with Crippen LogP contribution in [0.15, 0.2) is 24.3 Å². The van der Waals surface area contributed by atoms with Crippen LogP contribution in [0.2, 0.25) is 0 Å². The van der Waals surface area contributed by atoms with Gasteiger partial charge in [-0.3, -0.25) is 19.3 Å². The summed E-state index contributed by atoms with van der Waals surface area (Å²) in [6, 6.07) is 7.69. The molecule has 1 saturated carbocycles. The molecule has 1 N–H and O–H groups in total. The summed E-state index contributed by atoms with van der Waals surface area (Å²) in [6.07, 6.45) is 3.72. The topological polar surface area (TPSA) is 79.0 Å². The Kier molecular flexibility index (Phi) is 6.90. The number of likely N-dealkylation sites (tertiary alicyclic amines) is 1. The number of likely N-dealkylation sites (N-methyl/N-ethyl adjacent to an activating group) is 1. The SMILES string of the molecule is COc1ccccc1C(CNC(=O)CCN1C(=O)C2CCCCC2C1=O)N(C)C. The summed E-state index contributed by atoms with van der Waals surface area (Å²) in [5, 5.41) is 2.94. The number of carbonyl (C=O) groups excluding carboxylic acids is 3. The number of carbonyl (C=O) groups is 3. The lowest BCUT2D eigenvalue weighted by atomic mass is 9.81. The monoisotopic (exact) mass is 401 g/mol. The molecular formula is C22H31N3O4. The minimum Gasteiger partial charge on any atom is -0.496 e. The molecule has 1 heterocycles. The summed E-state index contributed by atoms with van der Waals surface area (Å²) in [5.74, 6) is 0.102. The molecule has 7 nitrogen and oxygen atoms in total. The van der Waals surface area contributed by atoms with Crippen LogP contribution in [-0.2, 0) is 14.4 Å². The van der Waals surface area contributed by atoms with Crippen LogP contribution < -0.4 is 10.1 Å². The van der Waals surface area contributed by atoms with Gasteiger partial charge in [-0.15, -0.1) is 0 Å². The molecule has 0 spiro atoms. The second-order valence-corrected chi connectivity index (χ2v) is 8.10. The average molecular weight is 402 g/mol. The van der Waals surface area contributed by atoms with Crippen LogP contribution in [0.1, 0.15) is 43.7 Å². The van der Waals surface area contributed by atoms with Gasteiger partial charge in [-0.2, -0.15) is 0 Å². The Hall–Kier alpha value is -2.41. The number of amides is 3. The van der Waals surface area contributed by atoms with Gasteiger partial charge in [0.05, 0.1) is 25.0 Å². The Bertz CT molecular complexity index is 740. The zero-order valence-corrected chi connectivity index (χ0v) is 17.5. The van der Waals surface area contributed by atoms with E-state index < -0.39 is 0 Å². The highest BCUT2D eigenvalue weighted by atomic mass is 16.5. The van der Waals surface area contributed by atoms with E-state index in [1.807, 2.05) is 43.3 Å². The number of hydrogen-bond acceptors (Lipinski definition) is 5. The van der Waals surface area contributed by atoms with Gasteiger partial charge >= 0.3 is 0 Å². The number of para-hydroxylation sites is 1. The standard InChI is InChI=1S/C22H31N3O4/c1-24(2)18(17-10-6-7-11-19(17)29-3)14-23-20(26)12-13-25-21(27)15-8-4-5-9-16(15)22(25)28/h6-7,10-11,15-16,18H,4-5,8-9,12-14H2,1-3H3,(H,23,26). The Labute approximate surface area is 172 Å². The van der Waals surface area contributed by atoms with Crippen LogP contribution in [0.25, 0.3) is 0 Å². The van der Waals surface area contributed by atoms with Crippen molar-refractivity contribution in [2.24, 2.45) is 11.8 Å². The van der Waals surface area contributed by atoms with Crippen molar-refractivity contribution in [1.29, 1.82) is 0 Å². The van der Waals surface area contributed by atoms with Crippen LogP contribution in [0.3, 0.4) is 0 Å². The predicted octanol–water partition coefficient (Wildman–Crippen LogP) is 1.98. The third kappa shape index (κ3) is 4.61. The van der Waals surface area contributed by atoms with Crippen molar-refractivity contribution in [2.45, 2.75) is 38.1 Å². The summed E-state index contributed by atoms with van der Waals surface area (Å²) in [4.78, 5) is 40.8. The number of methoxy groups -OCH3 is 1. The Balaban J connectivity index is 1.55. The zero-order valence-electron chi connectivity index (χ0n) is 17.5. The molecule has 3 unspecified atom stereocenters. The van der Waals surface area contributed by atoms with Crippen LogP contribution in [0.5, 0.6) is 5.75 Å². The summed E-state index contributed by atoms with van der Waals surface area (Å²) in [5.41, 5.74) is 0.995. The molecule has 1 aromatic carbocycles. The first-order valence-corrected chi connectivity index (χ1v) is 10.3. The van der Waals surface area contributed by atoms with E-state index in [-0.39, 0.29) is 48.6 Å². The van der Waals surface area contributed by atoms with E-state index in [0.29, 0.717) is 6.54 Å². The number of hydrogen-bond donors (Lipinski definition) is 1. The van der Waals surface area contributed by atoms with Gasteiger partial charge < -0.3 is 15.0 Å². The van der Waals surface area contributed by atoms with E-state index in [2.05, 4.69) is 5.32 Å². The molecule has 1 aliphatic carbocycles. The van der Waals surface area contributed by atoms with Crippen molar-refractivity contribution in [3.63, 3.8) is 0 Å². The highest BCUT2D eigenvalue weighted by Crippen LogP contribution is 2.38. The number of nitrogens with one attached hydrogen (secondary N) is 1. The molecule has 2 fully saturated rings. The maximum Gasteiger partial charge on any atom is 0.233 e. The highest BCUT2D eigenvalue weighted by molar-refractivity contribution is 6.05. The van der Waals surface area contributed by atoms with Crippen molar-refractivity contribution >= 4 is 17.7 Å². The normalized spacial score (nSPS) is 22.6. The maximum absolute atomic E-state index is 12.5. The van der Waals surface area contributed by atoms with E-state index in [1.165, 1.54) is 4.90 Å². The lowest BCUT2D eigenvalue weighted by Gasteiger charge is -2.26. The Morgan fingerprint density at radius 3 is 2.38 bits per heavy atom. The lowest BCUT2D eigenvalue weighted by molar-refractivity contribution is -0.140. The Morgan fingerprint density at radius 1 is 1.17 bits per heavy atom. The van der Waals surface area contributed by atoms with Crippen LogP contribution in [0, 0.1) is 11.8 Å². The predicted molar refractivity (Wildman–Crippen MR) is 109 cm³/mol. The molecule has 1 aromatic rings. The largest absolute Gasteiger partial charge is 0.496 e. The fourth-order valence-electron chi connectivity index (χ4n) is 4.48. The van der Waals surface area contributed by atoms with Crippen molar-refractivity contribution < 1.29 is 19.1 Å². The van der Waals surface area contributed by atoms with Crippen molar-refractivity contribution in [3.8, 4) is 5.75 Å². The smallest absolute Gasteiger partial charge is 0.233 e. The number of rotatable bonds is 8. The molecule has 3 rings (SSSR count). The van der Waals surface area contributed by atoms with Crippen LogP contribution >= 0.6 is 0 Å². The minimum atomic E-state index is -0.165. The zero-order chi connectivity index (χ0) is 21.0. The van der Waals surface area contributed by atoms with Crippen molar-refractivity contribution in [1.82, 2.24) is 15.1 Å². The lowest BCUT2D eigenvalue weighted by Crippen LogP contribution is -2.38. The summed E-state index contributed by atoms with van der Waals surface area (Å²) in [6.45, 7) is 0.580. The molecule has 1 saturated heterocycles. The molecule has 0 aromatic heterocycles. The number of ether oxygens (including phenoxy) is 1. The van der Waals surface area contributed by atoms with Gasteiger partial charge in [-0.05, 0) is 33.0 Å². The average Bonchev–Trinajstić information content (AvgIpc) is 2.97. The molecule has 0 radical (unpaired) electrons. The molecule has 2 aliphatic rings. The van der Waals surface area contributed by atoms with Crippen molar-refractivity contribution in [2.75, 3.05) is 34.3 Å². The summed E-state index contributed by atoms with van der Waals surface area (Å²) >= 11 is 0. The number of nitrogens with zero attached hydrogens (tertiary/aromatic N) is 2. The molecule has 3 atom stereocenters. The van der Waals surface area contributed by atoms with E-state index in [4.69, 9.17) is 4.74 Å². The van der Waals surface area contributed by atoms with Gasteiger partial charge in [-0.25, -0.2) is 0 Å². The summed E-state index contributed by atoms with van der Waals surface area (Å²) < 4.78 is 5.45. The van der Waals surface area contributed by atoms with Gasteiger partial charge in [0.1, 0.15) is 5.75 Å². The van der Waals surface area contributed by atoms with Gasteiger partial charge in [0.2, 0.25) is 17.7 Å². The van der Waals surface area contributed by atoms with E-state index in [9.17, 15) is 14.4 Å². The molecule has 7 heteroatoms. The molecular weight excluding hydrogens is 370 g/mol. The van der Waals surface area contributed by atoms with E-state index >= 15 is 0 Å². The first-order chi connectivity index (χ1) is 13.9. The highest BCUT2D eigenvalue weighted by Gasteiger charge is 2.47. The number of benzene rings is 1. The number of imide groups is 1. The molecule has 3 amide bonds. The second-order valence-electron chi connectivity index (χ2n) is 8.10.